The molecule has 9 nitrogen and oxygen atoms in total. The van der Waals surface area contributed by atoms with Gasteiger partial charge in [0.2, 0.25) is 5.71 Å². The molecule has 6 aromatic heterocycles. The molecule has 0 spiro atoms. The number of aryl methyl sites for hydroxylation is 2. The molecule has 83 heavy (non-hydrogen) atoms. The third kappa shape index (κ3) is 8.76. The van der Waals surface area contributed by atoms with Crippen LogP contribution in [0.3, 0.4) is 0 Å². The summed E-state index contributed by atoms with van der Waals surface area (Å²) in [5.74, 6) is 3.57. The van der Waals surface area contributed by atoms with Crippen LogP contribution in [-0.2, 0) is 0 Å². The minimum atomic E-state index is 0.167. The summed E-state index contributed by atoms with van der Waals surface area (Å²) < 4.78 is 25.7. The average Bonchev–Trinajstić information content (AvgIpc) is 2.33. The molecule has 6 heterocycles. The molecule has 0 unspecified atom stereocenters. The van der Waals surface area contributed by atoms with Crippen molar-refractivity contribution in [1.82, 2.24) is 29.1 Å². The molecular formula is C74H64N6O3. The third-order valence-electron chi connectivity index (χ3n) is 16.4. The number of ether oxygens (including phenoxy) is 1. The fourth-order valence-electron chi connectivity index (χ4n) is 12.5. The zero-order valence-corrected chi connectivity index (χ0v) is 48.5. The Morgan fingerprint density at radius 3 is 1.49 bits per heavy atom. The summed E-state index contributed by atoms with van der Waals surface area (Å²) in [5, 5.41) is 2.54. The molecule has 0 atom stereocenters. The maximum atomic E-state index is 7.23. The van der Waals surface area contributed by atoms with Gasteiger partial charge in [-0.05, 0) is 161 Å². The molecule has 0 saturated heterocycles. The summed E-state index contributed by atoms with van der Waals surface area (Å²) in [7, 11) is 0. The van der Waals surface area contributed by atoms with Crippen molar-refractivity contribution in [3.05, 3.63) is 216 Å². The van der Waals surface area contributed by atoms with Crippen LogP contribution in [0.25, 0.3) is 123 Å². The van der Waals surface area contributed by atoms with E-state index >= 15 is 0 Å². The molecule has 0 fully saturated rings. The van der Waals surface area contributed by atoms with Crippen LogP contribution in [0.5, 0.6) is 11.5 Å². The highest BCUT2D eigenvalue weighted by Crippen LogP contribution is 2.47. The number of aromatic nitrogens is 6. The lowest BCUT2D eigenvalue weighted by Crippen LogP contribution is -2.09. The van der Waals surface area contributed by atoms with Gasteiger partial charge in [0.1, 0.15) is 39.8 Å². The lowest BCUT2D eigenvalue weighted by molar-refractivity contribution is 0.483. The predicted octanol–water partition coefficient (Wildman–Crippen LogP) is 20.5. The minimum absolute atomic E-state index is 0.167. The monoisotopic (exact) mass is 1080 g/mol. The Balaban J connectivity index is 0.991. The van der Waals surface area contributed by atoms with Gasteiger partial charge >= 0.3 is 0 Å². The highest BCUT2D eigenvalue weighted by Gasteiger charge is 2.29. The molecule has 0 saturated carbocycles. The van der Waals surface area contributed by atoms with Crippen molar-refractivity contribution in [3.8, 4) is 67.9 Å². The first-order valence-corrected chi connectivity index (χ1v) is 29.0. The molecular weight excluding hydrogens is 1020 g/mol. The zero-order valence-electron chi connectivity index (χ0n) is 48.5. The molecule has 0 bridgehead atoms. The van der Waals surface area contributed by atoms with Gasteiger partial charge in [-0.15, -0.1) is 0 Å². The van der Waals surface area contributed by atoms with Crippen LogP contribution < -0.4 is 4.74 Å². The second-order valence-electron chi connectivity index (χ2n) is 23.5. The normalized spacial score (nSPS) is 12.2. The number of hydrogen-bond acceptors (Lipinski definition) is 7. The SMILES string of the molecule is Cc1cc2oc3nc4c(cc3c2c(C)n1)oc1c(-c2nc3ccccc3n2-c2c(C(C)C)cc(-c3ccccc3)cc2C(C)C)cc(Oc2cccc(-c3nc5ccccc5n3-c3c(C(C)C)cc(-c5ccccc5)cc3C(C)C)c2)cc14. The summed E-state index contributed by atoms with van der Waals surface area (Å²) in [5.41, 5.74) is 22.4. The lowest BCUT2D eigenvalue weighted by atomic mass is 9.88. The van der Waals surface area contributed by atoms with Crippen LogP contribution in [0.1, 0.15) is 113 Å². The van der Waals surface area contributed by atoms with Gasteiger partial charge in [0.05, 0.1) is 55.2 Å². The van der Waals surface area contributed by atoms with Crippen molar-refractivity contribution in [2.45, 2.75) is 92.9 Å². The van der Waals surface area contributed by atoms with E-state index in [1.165, 1.54) is 44.5 Å². The Bertz CT molecular complexity index is 4800. The van der Waals surface area contributed by atoms with Gasteiger partial charge in [-0.2, -0.15) is 0 Å². The number of furan rings is 2. The smallest absolute Gasteiger partial charge is 0.228 e. The van der Waals surface area contributed by atoms with Crippen molar-refractivity contribution in [1.29, 1.82) is 0 Å². The average molecular weight is 1090 g/mol. The Hall–Kier alpha value is -9.60. The molecule has 8 aromatic carbocycles. The number of fused-ring (bicyclic) bond motifs is 8. The molecule has 14 rings (SSSR count). The fourth-order valence-corrected chi connectivity index (χ4v) is 12.5. The summed E-state index contributed by atoms with van der Waals surface area (Å²) in [6, 6.07) is 64.2. The van der Waals surface area contributed by atoms with Crippen LogP contribution in [-0.4, -0.2) is 29.1 Å². The summed E-state index contributed by atoms with van der Waals surface area (Å²) in [4.78, 5) is 21.1. The number of imidazole rings is 2. The first-order chi connectivity index (χ1) is 40.3. The highest BCUT2D eigenvalue weighted by atomic mass is 16.5. The molecule has 408 valence electrons. The van der Waals surface area contributed by atoms with Crippen molar-refractivity contribution >= 4 is 66.2 Å². The Kier molecular flexibility index (Phi) is 12.5. The molecule has 0 amide bonds. The molecule has 0 radical (unpaired) electrons. The van der Waals surface area contributed by atoms with Crippen molar-refractivity contribution in [2.75, 3.05) is 0 Å². The molecule has 0 aliphatic rings. The number of pyridine rings is 2. The number of hydrogen-bond donors (Lipinski definition) is 0. The van der Waals surface area contributed by atoms with Crippen molar-refractivity contribution < 1.29 is 13.6 Å². The molecule has 9 heteroatoms. The Labute approximate surface area is 482 Å². The highest BCUT2D eigenvalue weighted by molar-refractivity contribution is 6.14. The largest absolute Gasteiger partial charge is 0.457 e. The van der Waals surface area contributed by atoms with Gasteiger partial charge in [-0.1, -0.05) is 152 Å². The van der Waals surface area contributed by atoms with Gasteiger partial charge in [-0.3, -0.25) is 14.1 Å². The van der Waals surface area contributed by atoms with E-state index in [0.29, 0.717) is 33.9 Å². The maximum absolute atomic E-state index is 7.23. The lowest BCUT2D eigenvalue weighted by Gasteiger charge is -2.24. The van der Waals surface area contributed by atoms with Gasteiger partial charge in [0.25, 0.3) is 0 Å². The van der Waals surface area contributed by atoms with E-state index in [4.69, 9.17) is 33.5 Å². The predicted molar refractivity (Wildman–Crippen MR) is 340 cm³/mol. The second kappa shape index (κ2) is 20.1. The van der Waals surface area contributed by atoms with Gasteiger partial charge in [0, 0.05) is 23.0 Å². The first kappa shape index (κ1) is 51.5. The number of nitrogens with zero attached hydrogens (tertiary/aromatic N) is 6. The maximum Gasteiger partial charge on any atom is 0.228 e. The van der Waals surface area contributed by atoms with Gasteiger partial charge in [-0.25, -0.2) is 15.0 Å². The van der Waals surface area contributed by atoms with E-state index in [9.17, 15) is 0 Å². The summed E-state index contributed by atoms with van der Waals surface area (Å²) in [6.45, 7) is 22.3. The van der Waals surface area contributed by atoms with Crippen LogP contribution >= 0.6 is 0 Å². The van der Waals surface area contributed by atoms with E-state index in [0.717, 1.165) is 89.3 Å². The Morgan fingerprint density at radius 1 is 0.410 bits per heavy atom. The third-order valence-corrected chi connectivity index (χ3v) is 16.4. The van der Waals surface area contributed by atoms with E-state index in [1.54, 1.807) is 0 Å². The number of para-hydroxylation sites is 4. The Morgan fingerprint density at radius 2 is 0.928 bits per heavy atom. The van der Waals surface area contributed by atoms with Crippen LogP contribution in [0.15, 0.2) is 191 Å². The van der Waals surface area contributed by atoms with Crippen molar-refractivity contribution in [3.63, 3.8) is 0 Å². The van der Waals surface area contributed by atoms with E-state index in [1.807, 2.05) is 32.0 Å². The van der Waals surface area contributed by atoms with Crippen molar-refractivity contribution in [2.24, 2.45) is 0 Å². The van der Waals surface area contributed by atoms with Gasteiger partial charge in [0.15, 0.2) is 5.58 Å². The van der Waals surface area contributed by atoms with Crippen LogP contribution in [0.4, 0.5) is 0 Å². The summed E-state index contributed by atoms with van der Waals surface area (Å²) >= 11 is 0. The van der Waals surface area contributed by atoms with E-state index in [-0.39, 0.29) is 23.7 Å². The standard InChI is InChI=1S/C74H64N6O3/c1-41(2)54-34-50(47-22-13-11-14-23-47)35-55(42(3)4)69(54)79-63-30-19-17-28-61(63)76-72(79)49-26-21-27-52(33-49)81-53-38-59-68-66(40-58-67-46(10)75-45(9)32-65(67)83-74(58)78-68)82-71(59)60(39-53)73-77-62-29-18-20-31-64(62)80(73)70-56(43(5)6)36-51(37-57(70)44(7)8)48-24-15-12-16-25-48/h11-44H,1-10H3. The molecule has 0 aliphatic carbocycles. The topological polar surface area (TPSA) is 96.9 Å². The quantitative estimate of drug-likeness (QED) is 0.120. The summed E-state index contributed by atoms with van der Waals surface area (Å²) in [6.07, 6.45) is 0. The molecule has 0 aliphatic heterocycles. The molecule has 0 N–H and O–H groups in total. The fraction of sp³-hybridized carbons (Fsp3) is 0.189. The van der Waals surface area contributed by atoms with Gasteiger partial charge < -0.3 is 13.6 Å². The molecule has 14 aromatic rings. The number of benzene rings is 8. The van der Waals surface area contributed by atoms with Crippen LogP contribution in [0.2, 0.25) is 0 Å². The first-order valence-electron chi connectivity index (χ1n) is 29.0. The van der Waals surface area contributed by atoms with E-state index in [2.05, 4.69) is 228 Å². The zero-order chi connectivity index (χ0) is 56.9. The van der Waals surface area contributed by atoms with E-state index < -0.39 is 0 Å². The minimum Gasteiger partial charge on any atom is -0.457 e. The van der Waals surface area contributed by atoms with Crippen LogP contribution in [0, 0.1) is 13.8 Å². The number of rotatable bonds is 12. The second-order valence-corrected chi connectivity index (χ2v) is 23.5.